The third-order valence-corrected chi connectivity index (χ3v) is 11.1. The van der Waals surface area contributed by atoms with Crippen molar-refractivity contribution in [3.63, 3.8) is 0 Å². The lowest BCUT2D eigenvalue weighted by Crippen LogP contribution is -2.47. The molecule has 2 aliphatic heterocycles. The van der Waals surface area contributed by atoms with Gasteiger partial charge in [0.2, 0.25) is 5.95 Å². The second-order valence-corrected chi connectivity index (χ2v) is 14.9. The maximum Gasteiger partial charge on any atom is 0.225 e. The van der Waals surface area contributed by atoms with Crippen molar-refractivity contribution in [2.24, 2.45) is 9.98 Å². The molecule has 4 N–H and O–H groups in total. The fraction of sp³-hybridized carbons (Fsp3) is 0.174. The van der Waals surface area contributed by atoms with Gasteiger partial charge in [0, 0.05) is 112 Å². The van der Waals surface area contributed by atoms with E-state index < -0.39 is 17.5 Å². The Morgan fingerprint density at radius 3 is 1.47 bits per heavy atom. The minimum absolute atomic E-state index is 0.188. The molecule has 2 fully saturated rings. The molecule has 2 aliphatic rings. The van der Waals surface area contributed by atoms with Gasteiger partial charge < -0.3 is 39.8 Å². The molecule has 0 amide bonds. The zero-order valence-electron chi connectivity index (χ0n) is 34.1. The Hall–Kier alpha value is -8.02. The molecule has 8 aromatic rings. The molecule has 18 heteroatoms. The van der Waals surface area contributed by atoms with E-state index in [2.05, 4.69) is 49.7 Å². The highest BCUT2D eigenvalue weighted by Crippen LogP contribution is 2.32. The van der Waals surface area contributed by atoms with Crippen LogP contribution in [-0.4, -0.2) is 105 Å². The average Bonchev–Trinajstić information content (AvgIpc) is 3.84. The number of rotatable bonds is 8. The van der Waals surface area contributed by atoms with Crippen LogP contribution in [-0.2, 0) is 0 Å². The molecule has 2 saturated heterocycles. The van der Waals surface area contributed by atoms with Crippen LogP contribution in [0.3, 0.4) is 0 Å². The van der Waals surface area contributed by atoms with Gasteiger partial charge in [-0.2, -0.15) is 0 Å². The largest absolute Gasteiger partial charge is 0.494 e. The Morgan fingerprint density at radius 2 is 1.00 bits per heavy atom. The normalized spacial score (nSPS) is 14.6. The van der Waals surface area contributed by atoms with E-state index in [0.717, 1.165) is 5.82 Å². The van der Waals surface area contributed by atoms with Gasteiger partial charge in [-0.15, -0.1) is 0 Å². The van der Waals surface area contributed by atoms with Crippen molar-refractivity contribution < 1.29 is 27.8 Å². The lowest BCUT2D eigenvalue weighted by molar-refractivity contribution is 0.457. The number of aromatic amines is 2. The number of nitrogens with zero attached hydrogens (tertiary/aromatic N) is 10. The van der Waals surface area contributed by atoms with Gasteiger partial charge in [0.25, 0.3) is 0 Å². The average molecular weight is 869 g/mol. The van der Waals surface area contributed by atoms with E-state index in [0.29, 0.717) is 92.1 Å². The fourth-order valence-electron chi connectivity index (χ4n) is 7.86. The van der Waals surface area contributed by atoms with Crippen LogP contribution in [0.5, 0.6) is 11.8 Å². The van der Waals surface area contributed by atoms with Crippen molar-refractivity contribution in [3.8, 4) is 11.8 Å². The summed E-state index contributed by atoms with van der Waals surface area (Å²) in [7, 11) is 0. The smallest absolute Gasteiger partial charge is 0.225 e. The van der Waals surface area contributed by atoms with Crippen LogP contribution in [0.15, 0.2) is 120 Å². The first kappa shape index (κ1) is 41.3. The monoisotopic (exact) mass is 868 g/mol. The molecule has 4 aromatic heterocycles. The number of aliphatic imine (C=N–C) groups is 2. The van der Waals surface area contributed by atoms with Gasteiger partial charge in [0.05, 0.1) is 51.1 Å². The molecule has 14 nitrogen and oxygen atoms in total. The van der Waals surface area contributed by atoms with Crippen LogP contribution in [0, 0.1) is 23.3 Å². The lowest BCUT2D eigenvalue weighted by atomic mass is 10.1. The molecule has 0 bridgehead atoms. The minimum atomic E-state index is -0.470. The number of piperazine rings is 2. The van der Waals surface area contributed by atoms with E-state index >= 15 is 0 Å². The number of H-pyrrole nitrogens is 2. The standard InChI is InChI=1S/2C23H20F2N6O/c24-17-3-1-4-19-21(17)16(22(32)29-19)14-28-15-5-6-20(18(25)13-15)30-9-11-31(12-10-30)23-26-7-2-8-27-23;24-17-2-1-3-19-22(17)16(23(32)29-19)13-28-15-4-5-20(18(25)12-15)30-8-10-31(11-9-30)21-14-26-6-7-27-21/h1-8,13-14,29,32H,9-12H2;1-7,12-14,29,32H,8-11H2. The molecule has 10 rings (SSSR count). The van der Waals surface area contributed by atoms with E-state index in [1.54, 1.807) is 85.6 Å². The number of nitrogens with one attached hydrogen (secondary N) is 2. The zero-order valence-corrected chi connectivity index (χ0v) is 34.1. The van der Waals surface area contributed by atoms with Gasteiger partial charge in [-0.05, 0) is 54.6 Å². The number of fused-ring (bicyclic) bond motifs is 2. The van der Waals surface area contributed by atoms with Gasteiger partial charge in [-0.25, -0.2) is 32.5 Å². The first-order valence-corrected chi connectivity index (χ1v) is 20.4. The Kier molecular flexibility index (Phi) is 11.7. The predicted octanol–water partition coefficient (Wildman–Crippen LogP) is 8.04. The molecule has 0 spiro atoms. The van der Waals surface area contributed by atoms with Crippen LogP contribution < -0.4 is 19.6 Å². The van der Waals surface area contributed by atoms with E-state index in [1.165, 1.54) is 36.7 Å². The first-order valence-electron chi connectivity index (χ1n) is 20.4. The second-order valence-electron chi connectivity index (χ2n) is 14.9. The molecule has 0 atom stereocenters. The van der Waals surface area contributed by atoms with Crippen molar-refractivity contribution >= 4 is 68.8 Å². The van der Waals surface area contributed by atoms with Gasteiger partial charge in [0.15, 0.2) is 11.8 Å². The van der Waals surface area contributed by atoms with E-state index in [9.17, 15) is 27.8 Å². The Labute approximate surface area is 363 Å². The number of hydrogen-bond donors (Lipinski definition) is 4. The summed E-state index contributed by atoms with van der Waals surface area (Å²) in [5.41, 5.74) is 3.12. The van der Waals surface area contributed by atoms with Gasteiger partial charge in [-0.3, -0.25) is 15.0 Å². The highest BCUT2D eigenvalue weighted by atomic mass is 19.1. The van der Waals surface area contributed by atoms with Crippen molar-refractivity contribution in [1.82, 2.24) is 29.9 Å². The van der Waals surface area contributed by atoms with Crippen LogP contribution in [0.25, 0.3) is 21.8 Å². The summed E-state index contributed by atoms with van der Waals surface area (Å²) in [6.07, 6.45) is 11.1. The summed E-state index contributed by atoms with van der Waals surface area (Å²) in [6.45, 7) is 5.38. The summed E-state index contributed by atoms with van der Waals surface area (Å²) >= 11 is 0. The number of hydrogen-bond acceptors (Lipinski definition) is 12. The lowest BCUT2D eigenvalue weighted by Gasteiger charge is -2.36. The molecular weight excluding hydrogens is 829 g/mol. The fourth-order valence-corrected chi connectivity index (χ4v) is 7.86. The van der Waals surface area contributed by atoms with Crippen LogP contribution >= 0.6 is 0 Å². The number of benzene rings is 4. The summed E-state index contributed by atoms with van der Waals surface area (Å²) < 4.78 is 58.0. The van der Waals surface area contributed by atoms with Gasteiger partial charge >= 0.3 is 0 Å². The Morgan fingerprint density at radius 1 is 0.516 bits per heavy atom. The number of anilines is 4. The summed E-state index contributed by atoms with van der Waals surface area (Å²) in [5.74, 6) is -0.605. The van der Waals surface area contributed by atoms with Crippen molar-refractivity contribution in [2.75, 3.05) is 72.0 Å². The van der Waals surface area contributed by atoms with Crippen LogP contribution in [0.4, 0.5) is 52.1 Å². The minimum Gasteiger partial charge on any atom is -0.494 e. The van der Waals surface area contributed by atoms with Crippen molar-refractivity contribution in [2.45, 2.75) is 0 Å². The molecule has 64 heavy (non-hydrogen) atoms. The topological polar surface area (TPSA) is 161 Å². The molecule has 6 heterocycles. The quantitative estimate of drug-likeness (QED) is 0.0870. The SMILES string of the molecule is Oc1[nH]c2cccc(F)c2c1C=Nc1ccc(N2CCN(c3cnccn3)CC2)c(F)c1.Oc1[nH]c2cccc(F)c2c1C=Nc1ccc(N2CCN(c3ncccn3)CC2)c(F)c1. The molecule has 4 aromatic carbocycles. The van der Waals surface area contributed by atoms with Gasteiger partial charge in [-0.1, -0.05) is 12.1 Å². The first-order chi connectivity index (χ1) is 31.2. The maximum absolute atomic E-state index is 14.8. The Bertz CT molecular complexity index is 2770. The Balaban J connectivity index is 0.000000162. The highest BCUT2D eigenvalue weighted by Gasteiger charge is 2.23. The van der Waals surface area contributed by atoms with Crippen molar-refractivity contribution in [3.05, 3.63) is 144 Å². The summed E-state index contributed by atoms with van der Waals surface area (Å²) in [6, 6.07) is 20.3. The number of aromatic hydroxyl groups is 2. The van der Waals surface area contributed by atoms with Crippen molar-refractivity contribution in [1.29, 1.82) is 0 Å². The number of aromatic nitrogens is 6. The van der Waals surface area contributed by atoms with E-state index in [-0.39, 0.29) is 39.5 Å². The zero-order chi connectivity index (χ0) is 44.2. The highest BCUT2D eigenvalue weighted by molar-refractivity contribution is 6.03. The molecular formula is C46H40F4N12O2. The molecule has 0 aliphatic carbocycles. The van der Waals surface area contributed by atoms with Crippen LogP contribution in [0.2, 0.25) is 0 Å². The second kappa shape index (κ2) is 18.1. The molecule has 0 unspecified atom stereocenters. The maximum atomic E-state index is 14.8. The van der Waals surface area contributed by atoms with Crippen LogP contribution in [0.1, 0.15) is 11.1 Å². The summed E-state index contributed by atoms with van der Waals surface area (Å²) in [5, 5.41) is 20.7. The third kappa shape index (κ3) is 8.70. The van der Waals surface area contributed by atoms with E-state index in [1.807, 2.05) is 9.80 Å². The van der Waals surface area contributed by atoms with E-state index in [4.69, 9.17) is 0 Å². The third-order valence-electron chi connectivity index (χ3n) is 11.1. The number of halogens is 4. The summed E-state index contributed by atoms with van der Waals surface area (Å²) in [4.78, 5) is 39.0. The predicted molar refractivity (Wildman–Crippen MR) is 240 cm³/mol. The molecule has 324 valence electrons. The molecule has 0 radical (unpaired) electrons. The molecule has 0 saturated carbocycles. The van der Waals surface area contributed by atoms with Gasteiger partial charge in [0.1, 0.15) is 29.1 Å².